The Hall–Kier alpha value is -2.72. The molecule has 0 radical (unpaired) electrons. The molecule has 1 N–H and O–H groups in total. The van der Waals surface area contributed by atoms with Gasteiger partial charge in [-0.1, -0.05) is 36.4 Å². The summed E-state index contributed by atoms with van der Waals surface area (Å²) in [5, 5.41) is 12.6. The molecule has 4 rings (SSSR count). The van der Waals surface area contributed by atoms with Gasteiger partial charge in [0.1, 0.15) is 5.69 Å². The molecule has 0 saturated heterocycles. The zero-order valence-corrected chi connectivity index (χ0v) is 11.0. The second kappa shape index (κ2) is 4.14. The predicted octanol–water partition coefficient (Wildman–Crippen LogP) is 2.60. The van der Waals surface area contributed by atoms with Gasteiger partial charge >= 0.3 is 5.97 Å². The lowest BCUT2D eigenvalue weighted by Crippen LogP contribution is -2.37. The van der Waals surface area contributed by atoms with E-state index in [1.165, 1.54) is 0 Å². The van der Waals surface area contributed by atoms with Gasteiger partial charge in [-0.25, -0.2) is 4.79 Å². The van der Waals surface area contributed by atoms with Crippen molar-refractivity contribution < 1.29 is 14.6 Å². The van der Waals surface area contributed by atoms with Crippen molar-refractivity contribution in [2.45, 2.75) is 5.79 Å². The molecule has 1 aliphatic rings. The maximum absolute atomic E-state index is 12.3. The van der Waals surface area contributed by atoms with Gasteiger partial charge in [0.2, 0.25) is 0 Å². The molecule has 1 aliphatic heterocycles. The van der Waals surface area contributed by atoms with E-state index in [0.717, 1.165) is 5.39 Å². The van der Waals surface area contributed by atoms with Crippen molar-refractivity contribution in [1.29, 1.82) is 0 Å². The summed E-state index contributed by atoms with van der Waals surface area (Å²) >= 11 is 0. The molecule has 0 aliphatic carbocycles. The third-order valence-electron chi connectivity index (χ3n) is 3.74. The van der Waals surface area contributed by atoms with Crippen LogP contribution in [0.4, 0.5) is 0 Å². The van der Waals surface area contributed by atoms with Crippen LogP contribution in [0.1, 0.15) is 21.6 Å². The van der Waals surface area contributed by atoms with Crippen LogP contribution >= 0.6 is 0 Å². The third-order valence-corrected chi connectivity index (χ3v) is 3.74. The summed E-state index contributed by atoms with van der Waals surface area (Å²) in [5.74, 6) is -2.40. The lowest BCUT2D eigenvalue weighted by Gasteiger charge is -2.32. The average Bonchev–Trinajstić information content (AvgIpc) is 2.53. The number of esters is 1. The second-order valence-electron chi connectivity index (χ2n) is 4.96. The number of carbonyl (C=O) groups is 1. The van der Waals surface area contributed by atoms with Crippen molar-refractivity contribution in [3.63, 3.8) is 0 Å². The fourth-order valence-corrected chi connectivity index (χ4v) is 2.79. The van der Waals surface area contributed by atoms with Crippen molar-refractivity contribution in [2.24, 2.45) is 0 Å². The summed E-state index contributed by atoms with van der Waals surface area (Å²) in [6, 6.07) is 16.0. The molecule has 0 bridgehead atoms. The molecule has 0 amide bonds. The second-order valence-corrected chi connectivity index (χ2v) is 4.96. The minimum atomic E-state index is -1.85. The van der Waals surface area contributed by atoms with Gasteiger partial charge in [-0.05, 0) is 23.6 Å². The first-order chi connectivity index (χ1) is 10.2. The average molecular weight is 277 g/mol. The summed E-state index contributed by atoms with van der Waals surface area (Å²) < 4.78 is 5.33. The number of benzene rings is 2. The van der Waals surface area contributed by atoms with E-state index in [-0.39, 0.29) is 0 Å². The first-order valence-corrected chi connectivity index (χ1v) is 6.59. The van der Waals surface area contributed by atoms with Gasteiger partial charge in [0.25, 0.3) is 5.79 Å². The molecule has 4 heteroatoms. The van der Waals surface area contributed by atoms with Crippen LogP contribution in [0.5, 0.6) is 0 Å². The van der Waals surface area contributed by atoms with Crippen LogP contribution in [0.15, 0.2) is 60.8 Å². The number of rotatable bonds is 1. The molecule has 0 fully saturated rings. The minimum absolute atomic E-state index is 0.292. The molecular weight excluding hydrogens is 266 g/mol. The number of pyridine rings is 1. The van der Waals surface area contributed by atoms with E-state index in [9.17, 15) is 9.90 Å². The highest BCUT2D eigenvalue weighted by Gasteiger charge is 2.43. The number of aromatic nitrogens is 1. The fraction of sp³-hybridized carbons (Fsp3) is 0.0588. The van der Waals surface area contributed by atoms with E-state index >= 15 is 0 Å². The van der Waals surface area contributed by atoms with Crippen molar-refractivity contribution in [3.8, 4) is 0 Å². The highest BCUT2D eigenvalue weighted by molar-refractivity contribution is 6.08. The Labute approximate surface area is 120 Å². The Morgan fingerprint density at radius 1 is 1.00 bits per heavy atom. The largest absolute Gasteiger partial charge is 0.419 e. The van der Waals surface area contributed by atoms with E-state index in [2.05, 4.69) is 4.98 Å². The molecule has 3 aromatic rings. The van der Waals surface area contributed by atoms with Crippen LogP contribution in [-0.2, 0) is 10.5 Å². The van der Waals surface area contributed by atoms with Crippen molar-refractivity contribution in [2.75, 3.05) is 0 Å². The van der Waals surface area contributed by atoms with E-state index in [1.54, 1.807) is 42.6 Å². The quantitative estimate of drug-likeness (QED) is 0.695. The van der Waals surface area contributed by atoms with Crippen LogP contribution < -0.4 is 0 Å². The van der Waals surface area contributed by atoms with E-state index in [0.29, 0.717) is 22.2 Å². The Kier molecular flexibility index (Phi) is 2.37. The smallest absolute Gasteiger partial charge is 0.341 e. The normalized spacial score (nSPS) is 20.3. The maximum Gasteiger partial charge on any atom is 0.341 e. The Bertz CT molecular complexity index is 855. The van der Waals surface area contributed by atoms with E-state index in [4.69, 9.17) is 4.74 Å². The van der Waals surface area contributed by atoms with Crippen molar-refractivity contribution >= 4 is 16.7 Å². The van der Waals surface area contributed by atoms with E-state index in [1.807, 2.05) is 18.2 Å². The fourth-order valence-electron chi connectivity index (χ4n) is 2.79. The van der Waals surface area contributed by atoms with Crippen molar-refractivity contribution in [3.05, 3.63) is 77.6 Å². The monoisotopic (exact) mass is 277 g/mol. The number of aliphatic hydroxyl groups is 1. The van der Waals surface area contributed by atoms with Crippen LogP contribution in [-0.4, -0.2) is 16.1 Å². The Morgan fingerprint density at radius 3 is 2.57 bits per heavy atom. The molecule has 4 nitrogen and oxygen atoms in total. The van der Waals surface area contributed by atoms with Gasteiger partial charge in [-0.3, -0.25) is 4.98 Å². The highest BCUT2D eigenvalue weighted by atomic mass is 16.7. The predicted molar refractivity (Wildman–Crippen MR) is 76.6 cm³/mol. The van der Waals surface area contributed by atoms with Gasteiger partial charge in [0.15, 0.2) is 0 Å². The van der Waals surface area contributed by atoms with Gasteiger partial charge in [-0.2, -0.15) is 0 Å². The van der Waals surface area contributed by atoms with Crippen LogP contribution in [0.2, 0.25) is 0 Å². The van der Waals surface area contributed by atoms with Crippen molar-refractivity contribution in [1.82, 2.24) is 4.98 Å². The molecule has 0 saturated carbocycles. The summed E-state index contributed by atoms with van der Waals surface area (Å²) in [6.07, 6.45) is 1.56. The van der Waals surface area contributed by atoms with Gasteiger partial charge < -0.3 is 9.84 Å². The van der Waals surface area contributed by atoms with Gasteiger partial charge in [0, 0.05) is 17.1 Å². The number of hydrogen-bond acceptors (Lipinski definition) is 4. The number of nitrogens with zero attached hydrogens (tertiary/aromatic N) is 1. The third kappa shape index (κ3) is 1.60. The number of carbonyl (C=O) groups excluding carboxylic acids is 1. The first-order valence-electron chi connectivity index (χ1n) is 6.59. The Balaban J connectivity index is 2.10. The van der Waals surface area contributed by atoms with E-state index < -0.39 is 11.8 Å². The zero-order valence-electron chi connectivity index (χ0n) is 11.0. The molecule has 2 aromatic carbocycles. The number of hydrogen-bond donors (Lipinski definition) is 1. The first kappa shape index (κ1) is 12.1. The Morgan fingerprint density at radius 2 is 1.81 bits per heavy atom. The molecule has 0 spiro atoms. The molecule has 1 aromatic heterocycles. The lowest BCUT2D eigenvalue weighted by atomic mass is 9.90. The lowest BCUT2D eigenvalue weighted by molar-refractivity contribution is -0.144. The summed E-state index contributed by atoms with van der Waals surface area (Å²) in [4.78, 5) is 16.4. The summed E-state index contributed by atoms with van der Waals surface area (Å²) in [6.45, 7) is 0. The molecule has 1 atom stereocenters. The highest BCUT2D eigenvalue weighted by Crippen LogP contribution is 2.40. The molecule has 0 unspecified atom stereocenters. The standard InChI is InChI=1S/C17H11NO3/c19-16-12-7-3-5-11-6-4-8-13(15(11)12)17(20,21-16)14-9-1-2-10-18-14/h1-10,20H/t17-/m1/s1. The number of ether oxygens (including phenoxy) is 1. The zero-order chi connectivity index (χ0) is 14.4. The van der Waals surface area contributed by atoms with Crippen LogP contribution in [0.25, 0.3) is 10.8 Å². The molecule has 102 valence electrons. The van der Waals surface area contributed by atoms with Crippen LogP contribution in [0, 0.1) is 0 Å². The molecule has 2 heterocycles. The number of cyclic esters (lactones) is 1. The maximum atomic E-state index is 12.3. The minimum Gasteiger partial charge on any atom is -0.419 e. The topological polar surface area (TPSA) is 59.4 Å². The van der Waals surface area contributed by atoms with Gasteiger partial charge in [-0.15, -0.1) is 0 Å². The van der Waals surface area contributed by atoms with Gasteiger partial charge in [0.05, 0.1) is 5.56 Å². The summed E-state index contributed by atoms with van der Waals surface area (Å²) in [7, 11) is 0. The summed E-state index contributed by atoms with van der Waals surface area (Å²) in [5.41, 5.74) is 1.29. The molecule has 21 heavy (non-hydrogen) atoms. The SMILES string of the molecule is O=C1O[C@@](O)(c2ccccn2)c2cccc3cccc1c23. The molecular formula is C17H11NO3. The van der Waals surface area contributed by atoms with Crippen LogP contribution in [0.3, 0.4) is 0 Å².